The molecule has 0 bridgehead atoms. The number of piperazine rings is 1. The van der Waals surface area contributed by atoms with Crippen LogP contribution in [0.25, 0.3) is 0 Å². The van der Waals surface area contributed by atoms with Gasteiger partial charge >= 0.3 is 5.82 Å². The van der Waals surface area contributed by atoms with Gasteiger partial charge in [-0.2, -0.15) is 4.31 Å². The number of aryl methyl sites for hydroxylation is 1. The van der Waals surface area contributed by atoms with Crippen LogP contribution >= 0.6 is 0 Å². The summed E-state index contributed by atoms with van der Waals surface area (Å²) in [6, 6.07) is 2.85. The number of aromatic nitrogens is 2. The summed E-state index contributed by atoms with van der Waals surface area (Å²) in [5, 5.41) is 11.1. The molecule has 0 amide bonds. The summed E-state index contributed by atoms with van der Waals surface area (Å²) in [5.74, 6) is -2.39. The van der Waals surface area contributed by atoms with Crippen LogP contribution in [0.4, 0.5) is 20.4 Å². The van der Waals surface area contributed by atoms with E-state index in [1.54, 1.807) is 11.9 Å². The first-order valence-corrected chi connectivity index (χ1v) is 9.02. The summed E-state index contributed by atoms with van der Waals surface area (Å²) in [5.41, 5.74) is 0. The van der Waals surface area contributed by atoms with Gasteiger partial charge in [-0.05, 0) is 22.0 Å². The highest BCUT2D eigenvalue weighted by Gasteiger charge is 2.35. The molecule has 26 heavy (non-hydrogen) atoms. The van der Waals surface area contributed by atoms with Crippen molar-refractivity contribution in [2.24, 2.45) is 7.05 Å². The quantitative estimate of drug-likeness (QED) is 0.576. The third kappa shape index (κ3) is 3.01. The highest BCUT2D eigenvalue weighted by molar-refractivity contribution is 7.89. The van der Waals surface area contributed by atoms with Crippen molar-refractivity contribution in [1.82, 2.24) is 13.9 Å². The average molecular weight is 387 g/mol. The monoisotopic (exact) mass is 387 g/mol. The summed E-state index contributed by atoms with van der Waals surface area (Å²) in [4.78, 5) is 14.8. The fourth-order valence-electron chi connectivity index (χ4n) is 2.90. The second-order valence-electron chi connectivity index (χ2n) is 5.70. The topological polar surface area (TPSA) is 102 Å². The Balaban J connectivity index is 1.83. The molecule has 3 rings (SSSR count). The van der Waals surface area contributed by atoms with Crippen LogP contribution < -0.4 is 4.90 Å². The zero-order chi connectivity index (χ0) is 19.1. The van der Waals surface area contributed by atoms with E-state index in [0.717, 1.165) is 22.5 Å². The lowest BCUT2D eigenvalue weighted by molar-refractivity contribution is -0.388. The Morgan fingerprint density at radius 3 is 2.27 bits per heavy atom. The standard InChI is InChI=1S/C14H15F2N5O4S/c1-18-9-17-13(21(22)23)14(18)19-5-7-20(8-6-19)26(24,25)12-10(15)3-2-4-11(12)16/h2-4,9H,5-8H2,1H3. The number of sulfonamides is 1. The van der Waals surface area contributed by atoms with Gasteiger partial charge in [-0.3, -0.25) is 4.57 Å². The molecular formula is C14H15F2N5O4S. The first-order valence-electron chi connectivity index (χ1n) is 7.58. The largest absolute Gasteiger partial charge is 0.406 e. The van der Waals surface area contributed by atoms with Gasteiger partial charge in [-0.1, -0.05) is 6.07 Å². The van der Waals surface area contributed by atoms with Crippen molar-refractivity contribution in [3.8, 4) is 0 Å². The van der Waals surface area contributed by atoms with Gasteiger partial charge in [0.05, 0.1) is 0 Å². The van der Waals surface area contributed by atoms with Gasteiger partial charge in [-0.25, -0.2) is 17.2 Å². The molecule has 1 aliphatic heterocycles. The maximum absolute atomic E-state index is 13.9. The molecule has 0 aliphatic carbocycles. The van der Waals surface area contributed by atoms with E-state index in [0.29, 0.717) is 0 Å². The number of benzene rings is 1. The number of halogens is 2. The molecular weight excluding hydrogens is 372 g/mol. The first-order chi connectivity index (χ1) is 12.2. The van der Waals surface area contributed by atoms with E-state index < -0.39 is 31.5 Å². The molecule has 1 saturated heterocycles. The predicted molar refractivity (Wildman–Crippen MR) is 87.2 cm³/mol. The van der Waals surface area contributed by atoms with Crippen molar-refractivity contribution in [2.75, 3.05) is 31.1 Å². The molecule has 0 unspecified atom stereocenters. The Labute approximate surface area is 147 Å². The van der Waals surface area contributed by atoms with E-state index in [-0.39, 0.29) is 37.8 Å². The number of nitrogens with zero attached hydrogens (tertiary/aromatic N) is 5. The molecule has 12 heteroatoms. The van der Waals surface area contributed by atoms with Gasteiger partial charge in [-0.15, -0.1) is 0 Å². The van der Waals surface area contributed by atoms with E-state index in [1.165, 1.54) is 10.9 Å². The van der Waals surface area contributed by atoms with Crippen LogP contribution in [-0.2, 0) is 17.1 Å². The Kier molecular flexibility index (Phi) is 4.63. The number of hydrogen-bond acceptors (Lipinski definition) is 6. The maximum Gasteiger partial charge on any atom is 0.406 e. The van der Waals surface area contributed by atoms with Crippen LogP contribution in [0.2, 0.25) is 0 Å². The molecule has 2 aromatic rings. The summed E-state index contributed by atoms with van der Waals surface area (Å²) in [7, 11) is -2.76. The molecule has 2 heterocycles. The highest BCUT2D eigenvalue weighted by Crippen LogP contribution is 2.29. The molecule has 9 nitrogen and oxygen atoms in total. The van der Waals surface area contributed by atoms with Gasteiger partial charge in [0.15, 0.2) is 4.90 Å². The van der Waals surface area contributed by atoms with E-state index in [2.05, 4.69) is 4.98 Å². The fraction of sp³-hybridized carbons (Fsp3) is 0.357. The second kappa shape index (κ2) is 6.61. The zero-order valence-corrected chi connectivity index (χ0v) is 14.5. The molecule has 0 atom stereocenters. The molecule has 0 saturated carbocycles. The van der Waals surface area contributed by atoms with Gasteiger partial charge in [0.1, 0.15) is 11.6 Å². The number of imidazole rings is 1. The predicted octanol–water partition coefficient (Wildman–Crippen LogP) is 1.12. The van der Waals surface area contributed by atoms with Crippen LogP contribution in [0.15, 0.2) is 29.4 Å². The molecule has 140 valence electrons. The minimum atomic E-state index is -4.35. The summed E-state index contributed by atoms with van der Waals surface area (Å²) < 4.78 is 55.3. The third-order valence-corrected chi connectivity index (χ3v) is 6.07. The van der Waals surface area contributed by atoms with Crippen molar-refractivity contribution < 1.29 is 22.1 Å². The number of anilines is 1. The summed E-state index contributed by atoms with van der Waals surface area (Å²) in [6.45, 7) is 0.0994. The maximum atomic E-state index is 13.9. The van der Waals surface area contributed by atoms with Crippen LogP contribution in [0, 0.1) is 21.7 Å². The van der Waals surface area contributed by atoms with Crippen LogP contribution in [0.3, 0.4) is 0 Å². The lowest BCUT2D eigenvalue weighted by Crippen LogP contribution is -2.49. The first kappa shape index (κ1) is 18.2. The molecule has 1 fully saturated rings. The Bertz CT molecular complexity index is 934. The minimum absolute atomic E-state index is 0.0710. The Hall–Kier alpha value is -2.60. The lowest BCUT2D eigenvalue weighted by atomic mass is 10.3. The minimum Gasteiger partial charge on any atom is -0.358 e. The van der Waals surface area contributed by atoms with E-state index in [9.17, 15) is 27.3 Å². The van der Waals surface area contributed by atoms with Crippen LogP contribution in [-0.4, -0.2) is 53.4 Å². The van der Waals surface area contributed by atoms with Gasteiger partial charge in [0.25, 0.3) is 0 Å². The molecule has 1 aliphatic rings. The lowest BCUT2D eigenvalue weighted by Gasteiger charge is -2.34. The smallest absolute Gasteiger partial charge is 0.358 e. The molecule has 1 aromatic carbocycles. The van der Waals surface area contributed by atoms with Crippen molar-refractivity contribution >= 4 is 21.7 Å². The highest BCUT2D eigenvalue weighted by atomic mass is 32.2. The average Bonchev–Trinajstić information content (AvgIpc) is 2.96. The van der Waals surface area contributed by atoms with E-state index in [4.69, 9.17) is 0 Å². The molecule has 1 aromatic heterocycles. The SMILES string of the molecule is Cn1cnc([N+](=O)[O-])c1N1CCN(S(=O)(=O)c2c(F)cccc2F)CC1. The fourth-order valence-corrected chi connectivity index (χ4v) is 4.43. The van der Waals surface area contributed by atoms with Crippen LogP contribution in [0.1, 0.15) is 0 Å². The van der Waals surface area contributed by atoms with Gasteiger partial charge < -0.3 is 15.0 Å². The normalized spacial score (nSPS) is 16.0. The number of rotatable bonds is 4. The van der Waals surface area contributed by atoms with Crippen molar-refractivity contribution in [2.45, 2.75) is 4.90 Å². The Morgan fingerprint density at radius 2 is 1.73 bits per heavy atom. The van der Waals surface area contributed by atoms with Crippen molar-refractivity contribution in [3.05, 3.63) is 46.3 Å². The van der Waals surface area contributed by atoms with Crippen molar-refractivity contribution in [1.29, 1.82) is 0 Å². The number of hydrogen-bond donors (Lipinski definition) is 0. The van der Waals surface area contributed by atoms with E-state index in [1.807, 2.05) is 0 Å². The third-order valence-electron chi connectivity index (χ3n) is 4.12. The van der Waals surface area contributed by atoms with Crippen molar-refractivity contribution in [3.63, 3.8) is 0 Å². The molecule has 0 spiro atoms. The number of nitro groups is 1. The van der Waals surface area contributed by atoms with Crippen LogP contribution in [0.5, 0.6) is 0 Å². The van der Waals surface area contributed by atoms with Gasteiger partial charge in [0.2, 0.25) is 22.2 Å². The zero-order valence-electron chi connectivity index (χ0n) is 13.7. The molecule has 0 N–H and O–H groups in total. The van der Waals surface area contributed by atoms with E-state index >= 15 is 0 Å². The second-order valence-corrected chi connectivity index (χ2v) is 7.58. The summed E-state index contributed by atoms with van der Waals surface area (Å²) in [6.07, 6.45) is 1.30. The summed E-state index contributed by atoms with van der Waals surface area (Å²) >= 11 is 0. The molecule has 0 radical (unpaired) electrons. The Morgan fingerprint density at radius 1 is 1.15 bits per heavy atom. The van der Waals surface area contributed by atoms with Gasteiger partial charge in [0, 0.05) is 33.2 Å².